The first kappa shape index (κ1) is 28.3. The molecule has 0 spiro atoms. The number of allylic oxidation sites excluding steroid dienone is 3. The highest BCUT2D eigenvalue weighted by Gasteiger charge is 2.58. The molecule has 2 aliphatic rings. The lowest BCUT2D eigenvalue weighted by Crippen LogP contribution is -2.33. The van der Waals surface area contributed by atoms with Gasteiger partial charge in [-0.05, 0) is 65.7 Å². The van der Waals surface area contributed by atoms with Gasteiger partial charge < -0.3 is 5.11 Å². The molecule has 2 aromatic rings. The lowest BCUT2D eigenvalue weighted by atomic mass is 9.66. The number of carbonyl (C=O) groups is 1. The minimum Gasteiger partial charge on any atom is -0.481 e. The molecule has 2 aromatic carbocycles. The molecular formula is C31H39NO5S. The summed E-state index contributed by atoms with van der Waals surface area (Å²) in [4.78, 5) is 11.3. The van der Waals surface area contributed by atoms with E-state index in [9.17, 15) is 18.3 Å². The van der Waals surface area contributed by atoms with Gasteiger partial charge in [-0.3, -0.25) is 8.98 Å². The molecule has 204 valence electrons. The number of aliphatic carboxylic acids is 1. The monoisotopic (exact) mass is 537 g/mol. The zero-order valence-electron chi connectivity index (χ0n) is 22.5. The number of fused-ring (bicyclic) bond motifs is 1. The predicted octanol–water partition coefficient (Wildman–Crippen LogP) is 6.46. The SMILES string of the molecule is C=C(c1ccccc1)[C@@]12CC[C@@H](OS(N)(=O)=O)C1CC(CC(C)(C)CC(C)CC(=O)O)=C2c1ccccc1. The molecule has 0 aromatic heterocycles. The van der Waals surface area contributed by atoms with Gasteiger partial charge in [0, 0.05) is 17.8 Å². The third-order valence-corrected chi connectivity index (χ3v) is 8.78. The highest BCUT2D eigenvalue weighted by Crippen LogP contribution is 2.67. The van der Waals surface area contributed by atoms with E-state index in [4.69, 9.17) is 9.32 Å². The van der Waals surface area contributed by atoms with Crippen molar-refractivity contribution in [3.05, 3.63) is 83.9 Å². The van der Waals surface area contributed by atoms with Crippen LogP contribution in [-0.2, 0) is 19.3 Å². The van der Waals surface area contributed by atoms with Gasteiger partial charge in [-0.2, -0.15) is 8.42 Å². The number of carboxylic acid groups (broad SMARTS) is 1. The number of carboxylic acids is 1. The fraction of sp³-hybridized carbons (Fsp3) is 0.452. The van der Waals surface area contributed by atoms with Gasteiger partial charge in [-0.25, -0.2) is 5.14 Å². The molecule has 0 radical (unpaired) electrons. The normalized spacial score (nSPS) is 24.3. The molecule has 0 heterocycles. The van der Waals surface area contributed by atoms with Crippen LogP contribution in [0.2, 0.25) is 0 Å². The maximum absolute atomic E-state index is 12.1. The van der Waals surface area contributed by atoms with Crippen molar-refractivity contribution in [3.8, 4) is 0 Å². The Bertz CT molecular complexity index is 1320. The molecule has 4 rings (SSSR count). The Morgan fingerprint density at radius 3 is 2.34 bits per heavy atom. The summed E-state index contributed by atoms with van der Waals surface area (Å²) in [6.07, 6.45) is 3.06. The van der Waals surface area contributed by atoms with E-state index < -0.39 is 27.8 Å². The van der Waals surface area contributed by atoms with Crippen LogP contribution in [0, 0.1) is 22.7 Å². The van der Waals surface area contributed by atoms with Crippen molar-refractivity contribution in [2.24, 2.45) is 27.8 Å². The summed E-state index contributed by atoms with van der Waals surface area (Å²) < 4.78 is 29.6. The molecular weight excluding hydrogens is 498 g/mol. The average molecular weight is 538 g/mol. The number of hydrogen-bond acceptors (Lipinski definition) is 4. The first-order valence-electron chi connectivity index (χ1n) is 13.3. The molecule has 0 amide bonds. The zero-order valence-corrected chi connectivity index (χ0v) is 23.3. The third-order valence-electron chi connectivity index (χ3n) is 8.27. The second kappa shape index (κ2) is 10.8. The predicted molar refractivity (Wildman–Crippen MR) is 151 cm³/mol. The van der Waals surface area contributed by atoms with E-state index in [1.807, 2.05) is 43.3 Å². The van der Waals surface area contributed by atoms with E-state index in [0.29, 0.717) is 19.3 Å². The quantitative estimate of drug-likeness (QED) is 0.342. The second-order valence-electron chi connectivity index (χ2n) is 11.9. The summed E-state index contributed by atoms with van der Waals surface area (Å²) >= 11 is 0. The van der Waals surface area contributed by atoms with Crippen molar-refractivity contribution in [3.63, 3.8) is 0 Å². The molecule has 2 unspecified atom stereocenters. The van der Waals surface area contributed by atoms with E-state index >= 15 is 0 Å². The lowest BCUT2D eigenvalue weighted by Gasteiger charge is -2.37. The first-order valence-corrected chi connectivity index (χ1v) is 14.7. The maximum atomic E-state index is 12.1. The highest BCUT2D eigenvalue weighted by molar-refractivity contribution is 7.84. The smallest absolute Gasteiger partial charge is 0.333 e. The van der Waals surface area contributed by atoms with E-state index in [-0.39, 0.29) is 23.7 Å². The van der Waals surface area contributed by atoms with Crippen LogP contribution in [0.4, 0.5) is 0 Å². The minimum absolute atomic E-state index is 0.0379. The summed E-state index contributed by atoms with van der Waals surface area (Å²) in [6, 6.07) is 20.4. The van der Waals surface area contributed by atoms with Gasteiger partial charge in [0.05, 0.1) is 6.10 Å². The topological polar surface area (TPSA) is 107 Å². The van der Waals surface area contributed by atoms with Gasteiger partial charge in [-0.1, -0.05) is 93.6 Å². The summed E-state index contributed by atoms with van der Waals surface area (Å²) in [5, 5.41) is 14.7. The average Bonchev–Trinajstić information content (AvgIpc) is 3.32. The van der Waals surface area contributed by atoms with Crippen LogP contribution in [0.3, 0.4) is 0 Å². The van der Waals surface area contributed by atoms with Crippen LogP contribution < -0.4 is 5.14 Å². The molecule has 7 heteroatoms. The Kier molecular flexibility index (Phi) is 8.03. The second-order valence-corrected chi connectivity index (χ2v) is 13.1. The highest BCUT2D eigenvalue weighted by atomic mass is 32.2. The van der Waals surface area contributed by atoms with E-state index in [0.717, 1.165) is 29.5 Å². The number of hydrogen-bond donors (Lipinski definition) is 2. The van der Waals surface area contributed by atoms with Crippen LogP contribution in [0.5, 0.6) is 0 Å². The van der Waals surface area contributed by atoms with E-state index in [2.05, 4.69) is 44.7 Å². The van der Waals surface area contributed by atoms with Crippen molar-refractivity contribution in [2.75, 3.05) is 0 Å². The Labute approximate surface area is 226 Å². The number of rotatable bonds is 11. The Morgan fingerprint density at radius 1 is 1.16 bits per heavy atom. The first-order chi connectivity index (χ1) is 17.8. The molecule has 1 saturated carbocycles. The standard InChI is InChI=1S/C31H39NO5S/c1-21(17-28(33)34)19-30(3,4)20-25-18-26-27(37-38(32,35)36)15-16-31(26,22(2)23-11-7-5-8-12-23)29(25)24-13-9-6-10-14-24/h5-14,21,26-27H,2,15-20H2,1,3-4H3,(H,33,34)(H2,32,35,36)/t21?,26?,27-,31+/m1/s1. The van der Waals surface area contributed by atoms with Gasteiger partial charge >= 0.3 is 16.3 Å². The van der Waals surface area contributed by atoms with Gasteiger partial charge in [-0.15, -0.1) is 0 Å². The maximum Gasteiger partial charge on any atom is 0.333 e. The Balaban J connectivity index is 1.84. The van der Waals surface area contributed by atoms with Crippen molar-refractivity contribution in [1.82, 2.24) is 0 Å². The fourth-order valence-electron chi connectivity index (χ4n) is 7.27. The molecule has 3 N–H and O–H groups in total. The zero-order chi connectivity index (χ0) is 27.7. The lowest BCUT2D eigenvalue weighted by molar-refractivity contribution is -0.138. The molecule has 4 atom stereocenters. The molecule has 1 fully saturated rings. The Morgan fingerprint density at radius 2 is 1.76 bits per heavy atom. The largest absolute Gasteiger partial charge is 0.481 e. The fourth-order valence-corrected chi connectivity index (χ4v) is 7.85. The molecule has 0 bridgehead atoms. The van der Waals surface area contributed by atoms with Gasteiger partial charge in [0.25, 0.3) is 0 Å². The molecule has 0 saturated heterocycles. The van der Waals surface area contributed by atoms with E-state index in [1.165, 1.54) is 11.1 Å². The molecule has 38 heavy (non-hydrogen) atoms. The van der Waals surface area contributed by atoms with Crippen LogP contribution in [0.1, 0.15) is 70.4 Å². The van der Waals surface area contributed by atoms with Crippen LogP contribution in [0.25, 0.3) is 11.1 Å². The van der Waals surface area contributed by atoms with E-state index in [1.54, 1.807) is 0 Å². The van der Waals surface area contributed by atoms with Gasteiger partial charge in [0.2, 0.25) is 0 Å². The number of benzene rings is 2. The minimum atomic E-state index is -4.13. The van der Waals surface area contributed by atoms with Gasteiger partial charge in [0.15, 0.2) is 0 Å². The Hall–Kier alpha value is -2.74. The van der Waals surface area contributed by atoms with Crippen molar-refractivity contribution in [2.45, 2.75) is 65.4 Å². The summed E-state index contributed by atoms with van der Waals surface area (Å²) in [6.45, 7) is 11.0. The summed E-state index contributed by atoms with van der Waals surface area (Å²) in [7, 11) is -4.13. The third kappa shape index (κ3) is 5.95. The van der Waals surface area contributed by atoms with Crippen molar-refractivity contribution in [1.29, 1.82) is 0 Å². The van der Waals surface area contributed by atoms with Crippen molar-refractivity contribution < 1.29 is 22.5 Å². The number of nitrogens with two attached hydrogens (primary N) is 1. The summed E-state index contributed by atoms with van der Waals surface area (Å²) in [5.41, 5.74) is 4.90. The van der Waals surface area contributed by atoms with Crippen molar-refractivity contribution >= 4 is 27.4 Å². The van der Waals surface area contributed by atoms with Gasteiger partial charge in [0.1, 0.15) is 0 Å². The molecule has 2 aliphatic carbocycles. The van der Waals surface area contributed by atoms with Crippen LogP contribution in [-0.4, -0.2) is 25.6 Å². The van der Waals surface area contributed by atoms with Crippen LogP contribution in [0.15, 0.2) is 72.8 Å². The summed E-state index contributed by atoms with van der Waals surface area (Å²) in [5.74, 6) is -0.879. The molecule has 0 aliphatic heterocycles. The van der Waals surface area contributed by atoms with Crippen LogP contribution >= 0.6 is 0 Å². The molecule has 6 nitrogen and oxygen atoms in total.